The van der Waals surface area contributed by atoms with Crippen molar-refractivity contribution in [2.24, 2.45) is 5.92 Å². The van der Waals surface area contributed by atoms with Gasteiger partial charge in [0, 0.05) is 18.5 Å². The van der Waals surface area contributed by atoms with Gasteiger partial charge in [0.05, 0.1) is 16.6 Å². The van der Waals surface area contributed by atoms with E-state index >= 15 is 0 Å². The summed E-state index contributed by atoms with van der Waals surface area (Å²) in [6, 6.07) is 13.4. The van der Waals surface area contributed by atoms with Crippen LogP contribution in [0.1, 0.15) is 50.6 Å². The van der Waals surface area contributed by atoms with Crippen molar-refractivity contribution in [3.8, 4) is 11.4 Å². The highest BCUT2D eigenvalue weighted by atomic mass is 19.4. The number of hydrogen-bond acceptors (Lipinski definition) is 6. The van der Waals surface area contributed by atoms with Crippen molar-refractivity contribution in [1.29, 1.82) is 0 Å². The number of nitrogens with one attached hydrogen (secondary N) is 1. The number of rotatable bonds is 8. The number of aromatic nitrogens is 4. The van der Waals surface area contributed by atoms with Crippen molar-refractivity contribution >= 4 is 22.5 Å². The Morgan fingerprint density at radius 3 is 2.33 bits per heavy atom. The summed E-state index contributed by atoms with van der Waals surface area (Å²) in [5.41, 5.74) is 1.26. The lowest BCUT2D eigenvalue weighted by Crippen LogP contribution is -2.10. The molecule has 1 aromatic carbocycles. The number of ether oxygens (including phenoxy) is 1. The Balaban J connectivity index is 1.77. The predicted octanol–water partition coefficient (Wildman–Crippen LogP) is 7.15. The molecule has 0 atom stereocenters. The Labute approximate surface area is 208 Å². The standard InChI is InChI=1S/C27H28F3N5O/c1-16(2)14-36-15-23-34-25(32-19-9-7-18(8-10-19)17(3)4)20-11-12-22(33-26(20)35-23)24-21(27(28,29)30)6-5-13-31-24/h5-13,16-17H,14-15H2,1-4H3,(H,32,33,34,35). The number of hydrogen-bond donors (Lipinski definition) is 1. The van der Waals surface area contributed by atoms with Gasteiger partial charge in [0.2, 0.25) is 0 Å². The highest BCUT2D eigenvalue weighted by Gasteiger charge is 2.34. The summed E-state index contributed by atoms with van der Waals surface area (Å²) < 4.78 is 46.5. The van der Waals surface area contributed by atoms with Gasteiger partial charge in [-0.25, -0.2) is 15.0 Å². The predicted molar refractivity (Wildman–Crippen MR) is 134 cm³/mol. The first kappa shape index (κ1) is 25.5. The number of fused-ring (bicyclic) bond motifs is 1. The minimum absolute atomic E-state index is 0.0791. The molecule has 3 heterocycles. The first-order chi connectivity index (χ1) is 17.1. The van der Waals surface area contributed by atoms with E-state index in [1.54, 1.807) is 6.07 Å². The van der Waals surface area contributed by atoms with E-state index in [0.29, 0.717) is 35.5 Å². The second-order valence-corrected chi connectivity index (χ2v) is 9.26. The fourth-order valence-electron chi connectivity index (χ4n) is 3.66. The summed E-state index contributed by atoms with van der Waals surface area (Å²) in [5, 5.41) is 3.88. The van der Waals surface area contributed by atoms with Gasteiger partial charge in [-0.15, -0.1) is 0 Å². The van der Waals surface area contributed by atoms with Crippen LogP contribution in [0.25, 0.3) is 22.4 Å². The molecule has 0 amide bonds. The van der Waals surface area contributed by atoms with E-state index in [9.17, 15) is 13.2 Å². The van der Waals surface area contributed by atoms with E-state index in [0.717, 1.165) is 11.8 Å². The zero-order chi connectivity index (χ0) is 25.9. The van der Waals surface area contributed by atoms with Crippen molar-refractivity contribution < 1.29 is 17.9 Å². The first-order valence-electron chi connectivity index (χ1n) is 11.8. The van der Waals surface area contributed by atoms with Crippen LogP contribution in [0.15, 0.2) is 54.7 Å². The number of nitrogens with zero attached hydrogens (tertiary/aromatic N) is 4. The van der Waals surface area contributed by atoms with E-state index < -0.39 is 11.7 Å². The smallest absolute Gasteiger partial charge is 0.373 e. The Hall–Kier alpha value is -3.59. The van der Waals surface area contributed by atoms with Gasteiger partial charge in [-0.05, 0) is 53.8 Å². The monoisotopic (exact) mass is 495 g/mol. The summed E-state index contributed by atoms with van der Waals surface area (Å²) in [6.45, 7) is 9.00. The maximum absolute atomic E-state index is 13.6. The van der Waals surface area contributed by atoms with Crippen molar-refractivity contribution in [3.63, 3.8) is 0 Å². The van der Waals surface area contributed by atoms with E-state index in [1.807, 2.05) is 38.1 Å². The molecule has 36 heavy (non-hydrogen) atoms. The zero-order valence-corrected chi connectivity index (χ0v) is 20.6. The highest BCUT2D eigenvalue weighted by Crippen LogP contribution is 2.36. The molecular weight excluding hydrogens is 467 g/mol. The third-order valence-electron chi connectivity index (χ3n) is 5.48. The summed E-state index contributed by atoms with van der Waals surface area (Å²) >= 11 is 0. The summed E-state index contributed by atoms with van der Waals surface area (Å²) in [4.78, 5) is 17.5. The van der Waals surface area contributed by atoms with Gasteiger partial charge in [0.25, 0.3) is 0 Å². The van der Waals surface area contributed by atoms with E-state index in [4.69, 9.17) is 4.74 Å². The SMILES string of the molecule is CC(C)COCc1nc(Nc2ccc(C(C)C)cc2)c2ccc(-c3ncccc3C(F)(F)F)nc2n1. The van der Waals surface area contributed by atoms with Gasteiger partial charge in [0.1, 0.15) is 18.1 Å². The lowest BCUT2D eigenvalue weighted by Gasteiger charge is -2.14. The van der Waals surface area contributed by atoms with Crippen molar-refractivity contribution in [2.45, 2.75) is 46.4 Å². The molecule has 0 radical (unpaired) electrons. The van der Waals surface area contributed by atoms with E-state index in [1.165, 1.54) is 23.9 Å². The molecule has 6 nitrogen and oxygen atoms in total. The van der Waals surface area contributed by atoms with Crippen LogP contribution in [0.3, 0.4) is 0 Å². The van der Waals surface area contributed by atoms with Gasteiger partial charge in [-0.3, -0.25) is 4.98 Å². The molecule has 0 fully saturated rings. The summed E-state index contributed by atoms with van der Waals surface area (Å²) in [5.74, 6) is 1.61. The normalized spacial score (nSPS) is 12.0. The van der Waals surface area contributed by atoms with Gasteiger partial charge in [0.15, 0.2) is 11.5 Å². The number of alkyl halides is 3. The van der Waals surface area contributed by atoms with Crippen molar-refractivity contribution in [1.82, 2.24) is 19.9 Å². The third-order valence-corrected chi connectivity index (χ3v) is 5.48. The third kappa shape index (κ3) is 5.96. The Bertz CT molecular complexity index is 1340. The minimum Gasteiger partial charge on any atom is -0.373 e. The van der Waals surface area contributed by atoms with Gasteiger partial charge in [-0.1, -0.05) is 39.8 Å². The van der Waals surface area contributed by atoms with Crippen LogP contribution >= 0.6 is 0 Å². The zero-order valence-electron chi connectivity index (χ0n) is 20.6. The molecular formula is C27H28F3N5O. The Morgan fingerprint density at radius 1 is 0.917 bits per heavy atom. The molecule has 3 aromatic heterocycles. The summed E-state index contributed by atoms with van der Waals surface area (Å²) in [7, 11) is 0. The topological polar surface area (TPSA) is 72.8 Å². The van der Waals surface area contributed by atoms with Crippen LogP contribution in [0.2, 0.25) is 0 Å². The second kappa shape index (κ2) is 10.6. The maximum Gasteiger partial charge on any atom is 0.418 e. The molecule has 0 aliphatic rings. The maximum atomic E-state index is 13.6. The molecule has 0 spiro atoms. The number of pyridine rings is 2. The molecule has 0 aliphatic carbocycles. The second-order valence-electron chi connectivity index (χ2n) is 9.26. The lowest BCUT2D eigenvalue weighted by molar-refractivity contribution is -0.137. The molecule has 188 valence electrons. The molecule has 0 bridgehead atoms. The lowest BCUT2D eigenvalue weighted by atomic mass is 10.0. The van der Waals surface area contributed by atoms with Crippen LogP contribution in [0.4, 0.5) is 24.7 Å². The van der Waals surface area contributed by atoms with Crippen molar-refractivity contribution in [2.75, 3.05) is 11.9 Å². The summed E-state index contributed by atoms with van der Waals surface area (Å²) in [6.07, 6.45) is -3.24. The van der Waals surface area contributed by atoms with Gasteiger partial charge in [-0.2, -0.15) is 13.2 Å². The van der Waals surface area contributed by atoms with Crippen LogP contribution in [-0.2, 0) is 17.5 Å². The van der Waals surface area contributed by atoms with Crippen molar-refractivity contribution in [3.05, 3.63) is 71.7 Å². The fraction of sp³-hybridized carbons (Fsp3) is 0.333. The molecule has 0 saturated carbocycles. The fourth-order valence-corrected chi connectivity index (χ4v) is 3.66. The molecule has 1 N–H and O–H groups in total. The van der Waals surface area contributed by atoms with Gasteiger partial charge >= 0.3 is 6.18 Å². The molecule has 0 unspecified atom stereocenters. The molecule has 0 aliphatic heterocycles. The highest BCUT2D eigenvalue weighted by molar-refractivity contribution is 5.90. The number of anilines is 2. The minimum atomic E-state index is -4.56. The largest absolute Gasteiger partial charge is 0.418 e. The van der Waals surface area contributed by atoms with Crippen LogP contribution in [0.5, 0.6) is 0 Å². The Morgan fingerprint density at radius 2 is 1.67 bits per heavy atom. The molecule has 9 heteroatoms. The van der Waals surface area contributed by atoms with Crippen LogP contribution < -0.4 is 5.32 Å². The van der Waals surface area contributed by atoms with E-state index in [2.05, 4.69) is 39.1 Å². The first-order valence-corrected chi connectivity index (χ1v) is 11.8. The van der Waals surface area contributed by atoms with Crippen LogP contribution in [0, 0.1) is 5.92 Å². The molecule has 4 rings (SSSR count). The van der Waals surface area contributed by atoms with E-state index in [-0.39, 0.29) is 23.6 Å². The number of halogens is 3. The quantitative estimate of drug-likeness (QED) is 0.280. The molecule has 0 saturated heterocycles. The van der Waals surface area contributed by atoms with Gasteiger partial charge < -0.3 is 10.1 Å². The Kier molecular flexibility index (Phi) is 7.49. The average Bonchev–Trinajstić information content (AvgIpc) is 2.83. The molecule has 4 aromatic rings. The average molecular weight is 496 g/mol. The number of benzene rings is 1. The van der Waals surface area contributed by atoms with Crippen LogP contribution in [-0.4, -0.2) is 26.5 Å².